The number of thiazole rings is 1. The Morgan fingerprint density at radius 1 is 1.43 bits per heavy atom. The number of methoxy groups -OCH3 is 1. The largest absolute Gasteiger partial charge is 0.497 e. The summed E-state index contributed by atoms with van der Waals surface area (Å²) in [4.78, 5) is 14.7. The third-order valence-corrected chi connectivity index (χ3v) is 3.52. The molecule has 0 amide bonds. The van der Waals surface area contributed by atoms with Crippen molar-refractivity contribution in [2.45, 2.75) is 6.42 Å². The van der Waals surface area contributed by atoms with Crippen LogP contribution < -0.4 is 9.47 Å². The van der Waals surface area contributed by atoms with E-state index in [0.29, 0.717) is 18.7 Å². The van der Waals surface area contributed by atoms with Gasteiger partial charge in [-0.1, -0.05) is 6.07 Å². The van der Waals surface area contributed by atoms with E-state index in [9.17, 15) is 4.79 Å². The molecule has 6 heteroatoms. The molecule has 2 aromatic rings. The molecule has 5 nitrogen and oxygen atoms in total. The summed E-state index contributed by atoms with van der Waals surface area (Å²) in [6.07, 6.45) is 3.22. The molecule has 0 saturated carbocycles. The third kappa shape index (κ3) is 4.92. The number of ether oxygens (including phenoxy) is 2. The van der Waals surface area contributed by atoms with Crippen molar-refractivity contribution in [1.29, 1.82) is 0 Å². The highest BCUT2D eigenvalue weighted by Gasteiger charge is 2.02. The van der Waals surface area contributed by atoms with Crippen LogP contribution in [-0.4, -0.2) is 29.8 Å². The lowest BCUT2D eigenvalue weighted by Gasteiger charge is -2.06. The van der Waals surface area contributed by atoms with Gasteiger partial charge in [0.25, 0.3) is 0 Å². The average molecular weight is 305 g/mol. The molecule has 1 N–H and O–H groups in total. The molecule has 110 valence electrons. The summed E-state index contributed by atoms with van der Waals surface area (Å²) < 4.78 is 10.8. The Labute approximate surface area is 126 Å². The van der Waals surface area contributed by atoms with Gasteiger partial charge in [-0.3, -0.25) is 0 Å². The SMILES string of the molecule is COc1cccc(OCCc2nc(/C=C/C(=O)O)cs2)c1. The minimum atomic E-state index is -0.981. The van der Waals surface area contributed by atoms with E-state index in [-0.39, 0.29) is 0 Å². The number of hydrogen-bond donors (Lipinski definition) is 1. The van der Waals surface area contributed by atoms with E-state index >= 15 is 0 Å². The molecule has 0 fully saturated rings. The van der Waals surface area contributed by atoms with E-state index in [1.165, 1.54) is 17.4 Å². The van der Waals surface area contributed by atoms with Crippen molar-refractivity contribution in [3.63, 3.8) is 0 Å². The molecule has 1 heterocycles. The van der Waals surface area contributed by atoms with Gasteiger partial charge in [0, 0.05) is 23.9 Å². The van der Waals surface area contributed by atoms with Crippen LogP contribution in [0.1, 0.15) is 10.7 Å². The Bertz CT molecular complexity index is 636. The zero-order chi connectivity index (χ0) is 15.1. The molecule has 0 spiro atoms. The van der Waals surface area contributed by atoms with Crippen molar-refractivity contribution in [1.82, 2.24) is 4.98 Å². The first-order valence-electron chi connectivity index (χ1n) is 6.29. The lowest BCUT2D eigenvalue weighted by molar-refractivity contribution is -0.131. The standard InChI is InChI=1S/C15H15NO4S/c1-19-12-3-2-4-13(9-12)20-8-7-14-16-11(10-21-14)5-6-15(17)18/h2-6,9-10H,7-8H2,1H3,(H,17,18)/b6-5+. The Kier molecular flexibility index (Phi) is 5.34. The van der Waals surface area contributed by atoms with Crippen molar-refractivity contribution >= 4 is 23.4 Å². The number of hydrogen-bond acceptors (Lipinski definition) is 5. The van der Waals surface area contributed by atoms with Gasteiger partial charge in [0.15, 0.2) is 0 Å². The molecular weight excluding hydrogens is 290 g/mol. The first kappa shape index (κ1) is 15.1. The van der Waals surface area contributed by atoms with Gasteiger partial charge >= 0.3 is 5.97 Å². The molecule has 0 radical (unpaired) electrons. The first-order chi connectivity index (χ1) is 10.2. The molecule has 0 bridgehead atoms. The second-order valence-electron chi connectivity index (χ2n) is 4.12. The van der Waals surface area contributed by atoms with Gasteiger partial charge < -0.3 is 14.6 Å². The lowest BCUT2D eigenvalue weighted by Crippen LogP contribution is -2.01. The minimum Gasteiger partial charge on any atom is -0.497 e. The van der Waals surface area contributed by atoms with Crippen LogP contribution in [0.15, 0.2) is 35.7 Å². The zero-order valence-corrected chi connectivity index (χ0v) is 12.3. The number of benzene rings is 1. The Balaban J connectivity index is 1.84. The van der Waals surface area contributed by atoms with E-state index in [4.69, 9.17) is 14.6 Å². The number of carbonyl (C=O) groups is 1. The maximum Gasteiger partial charge on any atom is 0.328 e. The topological polar surface area (TPSA) is 68.7 Å². The van der Waals surface area contributed by atoms with Crippen LogP contribution in [0, 0.1) is 0 Å². The van der Waals surface area contributed by atoms with Gasteiger partial charge in [-0.2, -0.15) is 0 Å². The van der Waals surface area contributed by atoms with Crippen LogP contribution in [0.3, 0.4) is 0 Å². The average Bonchev–Trinajstić information content (AvgIpc) is 2.93. The summed E-state index contributed by atoms with van der Waals surface area (Å²) >= 11 is 1.48. The highest BCUT2D eigenvalue weighted by atomic mass is 32.1. The fraction of sp³-hybridized carbons (Fsp3) is 0.200. The summed E-state index contributed by atoms with van der Waals surface area (Å²) in [5.74, 6) is 0.519. The quantitative estimate of drug-likeness (QED) is 0.797. The number of aliphatic carboxylic acids is 1. The summed E-state index contributed by atoms with van der Waals surface area (Å²) in [5.41, 5.74) is 0.652. The van der Waals surface area contributed by atoms with Gasteiger partial charge in [-0.05, 0) is 18.2 Å². The minimum absolute atomic E-state index is 0.503. The van der Waals surface area contributed by atoms with Gasteiger partial charge in [-0.15, -0.1) is 11.3 Å². The Hall–Kier alpha value is -2.34. The maximum atomic E-state index is 10.4. The summed E-state index contributed by atoms with van der Waals surface area (Å²) in [6.45, 7) is 0.503. The van der Waals surface area contributed by atoms with Crippen LogP contribution >= 0.6 is 11.3 Å². The lowest BCUT2D eigenvalue weighted by atomic mass is 10.3. The van der Waals surface area contributed by atoms with E-state index < -0.39 is 5.97 Å². The fourth-order valence-electron chi connectivity index (χ4n) is 1.62. The molecule has 0 aliphatic carbocycles. The van der Waals surface area contributed by atoms with Crippen molar-refractivity contribution in [2.24, 2.45) is 0 Å². The van der Waals surface area contributed by atoms with Crippen LogP contribution in [0.2, 0.25) is 0 Å². The zero-order valence-electron chi connectivity index (χ0n) is 11.5. The summed E-state index contributed by atoms with van der Waals surface area (Å²) in [5, 5.41) is 11.3. The maximum absolute atomic E-state index is 10.4. The van der Waals surface area contributed by atoms with Gasteiger partial charge in [0.05, 0.1) is 24.4 Å². The fourth-order valence-corrected chi connectivity index (χ4v) is 2.37. The van der Waals surface area contributed by atoms with E-state index in [0.717, 1.165) is 22.6 Å². The van der Waals surface area contributed by atoms with E-state index in [1.807, 2.05) is 29.6 Å². The normalized spacial score (nSPS) is 10.7. The highest BCUT2D eigenvalue weighted by molar-refractivity contribution is 7.09. The Morgan fingerprint density at radius 3 is 3.00 bits per heavy atom. The van der Waals surface area contributed by atoms with Gasteiger partial charge in [0.2, 0.25) is 0 Å². The molecule has 2 rings (SSSR count). The number of rotatable bonds is 7. The number of carboxylic acid groups (broad SMARTS) is 1. The van der Waals surface area contributed by atoms with Gasteiger partial charge in [-0.25, -0.2) is 9.78 Å². The monoisotopic (exact) mass is 305 g/mol. The second-order valence-corrected chi connectivity index (χ2v) is 5.06. The summed E-state index contributed by atoms with van der Waals surface area (Å²) in [7, 11) is 1.61. The van der Waals surface area contributed by atoms with Crippen LogP contribution in [0.4, 0.5) is 0 Å². The smallest absolute Gasteiger partial charge is 0.328 e. The molecule has 21 heavy (non-hydrogen) atoms. The van der Waals surface area contributed by atoms with Crippen molar-refractivity contribution in [3.8, 4) is 11.5 Å². The summed E-state index contributed by atoms with van der Waals surface area (Å²) in [6, 6.07) is 7.41. The number of aromatic nitrogens is 1. The third-order valence-electron chi connectivity index (χ3n) is 2.59. The molecular formula is C15H15NO4S. The molecule has 0 aliphatic heterocycles. The van der Waals surface area contributed by atoms with E-state index in [1.54, 1.807) is 7.11 Å². The van der Waals surface area contributed by atoms with Crippen molar-refractivity contribution in [2.75, 3.05) is 13.7 Å². The van der Waals surface area contributed by atoms with Crippen molar-refractivity contribution < 1.29 is 19.4 Å². The molecule has 0 atom stereocenters. The molecule has 1 aromatic carbocycles. The second kappa shape index (κ2) is 7.44. The molecule has 0 aliphatic rings. The number of nitrogens with zero attached hydrogens (tertiary/aromatic N) is 1. The van der Waals surface area contributed by atoms with Crippen molar-refractivity contribution in [3.05, 3.63) is 46.4 Å². The Morgan fingerprint density at radius 2 is 2.24 bits per heavy atom. The first-order valence-corrected chi connectivity index (χ1v) is 7.17. The van der Waals surface area contributed by atoms with Crippen LogP contribution in [0.25, 0.3) is 6.08 Å². The van der Waals surface area contributed by atoms with Gasteiger partial charge in [0.1, 0.15) is 11.5 Å². The molecule has 0 saturated heterocycles. The predicted molar refractivity (Wildman–Crippen MR) is 81.0 cm³/mol. The molecule has 1 aromatic heterocycles. The highest BCUT2D eigenvalue weighted by Crippen LogP contribution is 2.19. The van der Waals surface area contributed by atoms with Crippen LogP contribution in [-0.2, 0) is 11.2 Å². The molecule has 0 unspecified atom stereocenters. The van der Waals surface area contributed by atoms with Crippen LogP contribution in [0.5, 0.6) is 11.5 Å². The predicted octanol–water partition coefficient (Wildman–Crippen LogP) is 2.87. The van der Waals surface area contributed by atoms with E-state index in [2.05, 4.69) is 4.98 Å². The number of carboxylic acids is 1.